The van der Waals surface area contributed by atoms with Crippen LogP contribution in [0, 0.1) is 6.92 Å². The Balaban J connectivity index is 1.25. The van der Waals surface area contributed by atoms with E-state index in [4.69, 9.17) is 18.9 Å². The number of methoxy groups -OCH3 is 2. The predicted molar refractivity (Wildman–Crippen MR) is 168 cm³/mol. The fourth-order valence-electron chi connectivity index (χ4n) is 3.94. The molecule has 3 aromatic carbocycles. The highest BCUT2D eigenvalue weighted by Gasteiger charge is 2.11. The quantitative estimate of drug-likeness (QED) is 0.0712. The first-order valence-corrected chi connectivity index (χ1v) is 13.5. The van der Waals surface area contributed by atoms with E-state index in [1.165, 1.54) is 0 Å². The summed E-state index contributed by atoms with van der Waals surface area (Å²) in [5.41, 5.74) is 5.54. The van der Waals surface area contributed by atoms with Gasteiger partial charge in [0, 0.05) is 28.7 Å². The van der Waals surface area contributed by atoms with Crippen molar-refractivity contribution in [2.75, 3.05) is 55.6 Å². The lowest BCUT2D eigenvalue weighted by atomic mass is 10.1. The molecule has 0 aliphatic carbocycles. The molecule has 4 rings (SSSR count). The van der Waals surface area contributed by atoms with Gasteiger partial charge >= 0.3 is 0 Å². The molecule has 0 spiro atoms. The van der Waals surface area contributed by atoms with E-state index in [2.05, 4.69) is 37.8 Å². The predicted octanol–water partition coefficient (Wildman–Crippen LogP) is 5.96. The summed E-state index contributed by atoms with van der Waals surface area (Å²) >= 11 is 0. The largest absolute Gasteiger partial charge is 0.497 e. The average Bonchev–Trinajstić information content (AvgIpc) is 3.03. The summed E-state index contributed by atoms with van der Waals surface area (Å²) in [7, 11) is 3.08. The zero-order valence-corrected chi connectivity index (χ0v) is 24.5. The van der Waals surface area contributed by atoms with E-state index in [0.717, 1.165) is 22.5 Å². The minimum absolute atomic E-state index is 0.247. The second-order valence-electron chi connectivity index (χ2n) is 9.35. The number of carbonyl (C=O) groups is 1. The lowest BCUT2D eigenvalue weighted by molar-refractivity contribution is 0.102. The summed E-state index contributed by atoms with van der Waals surface area (Å²) in [5, 5.41) is 12.5. The minimum atomic E-state index is -0.272. The molecule has 0 aliphatic rings. The van der Waals surface area contributed by atoms with Gasteiger partial charge in [-0.15, -0.1) is 6.58 Å². The highest BCUT2D eigenvalue weighted by atomic mass is 16.5. The van der Waals surface area contributed by atoms with Gasteiger partial charge < -0.3 is 40.2 Å². The zero-order chi connectivity index (χ0) is 30.4. The minimum Gasteiger partial charge on any atom is -0.497 e. The molecule has 0 unspecified atom stereocenters. The summed E-state index contributed by atoms with van der Waals surface area (Å²) < 4.78 is 21.7. The highest BCUT2D eigenvalue weighted by Crippen LogP contribution is 2.24. The second kappa shape index (κ2) is 15.8. The molecule has 1 aromatic heterocycles. The molecule has 43 heavy (non-hydrogen) atoms. The Hall–Kier alpha value is -5.13. The third-order valence-electron chi connectivity index (χ3n) is 6.24. The van der Waals surface area contributed by atoms with E-state index in [1.807, 2.05) is 49.4 Å². The van der Waals surface area contributed by atoms with Gasteiger partial charge in [0.2, 0.25) is 5.95 Å². The number of aryl methyl sites for hydroxylation is 1. The van der Waals surface area contributed by atoms with Crippen LogP contribution < -0.4 is 30.7 Å². The van der Waals surface area contributed by atoms with Gasteiger partial charge in [0.1, 0.15) is 25.0 Å². The van der Waals surface area contributed by atoms with Crippen molar-refractivity contribution in [3.63, 3.8) is 0 Å². The maximum atomic E-state index is 12.9. The SMILES string of the molecule is C=CCOCNc1cccc(Nc2ncc(NCOCc3cc(NC(=O)c4cc(OC)cc(OC)c4)ccc3C)cn2)c1. The molecule has 0 fully saturated rings. The van der Waals surface area contributed by atoms with E-state index in [-0.39, 0.29) is 12.6 Å². The third-order valence-corrected chi connectivity index (χ3v) is 6.24. The Kier molecular flexibility index (Phi) is 11.3. The first-order valence-electron chi connectivity index (χ1n) is 13.5. The first kappa shape index (κ1) is 30.8. The van der Waals surface area contributed by atoms with Crippen LogP contribution in [-0.4, -0.2) is 50.2 Å². The molecule has 11 heteroatoms. The van der Waals surface area contributed by atoms with Gasteiger partial charge in [-0.3, -0.25) is 4.79 Å². The first-order chi connectivity index (χ1) is 21.0. The van der Waals surface area contributed by atoms with Crippen molar-refractivity contribution in [2.45, 2.75) is 13.5 Å². The number of carbonyl (C=O) groups excluding carboxylic acids is 1. The number of amides is 1. The van der Waals surface area contributed by atoms with Gasteiger partial charge in [0.25, 0.3) is 5.91 Å². The summed E-state index contributed by atoms with van der Waals surface area (Å²) in [6.45, 7) is 7.09. The zero-order valence-electron chi connectivity index (χ0n) is 24.5. The molecule has 0 atom stereocenters. The number of anilines is 5. The number of benzene rings is 3. The van der Waals surface area contributed by atoms with Gasteiger partial charge in [-0.1, -0.05) is 18.2 Å². The third kappa shape index (κ3) is 9.45. The van der Waals surface area contributed by atoms with E-state index in [9.17, 15) is 4.79 Å². The maximum Gasteiger partial charge on any atom is 0.255 e. The highest BCUT2D eigenvalue weighted by molar-refractivity contribution is 6.04. The summed E-state index contributed by atoms with van der Waals surface area (Å²) in [6, 6.07) is 18.5. The van der Waals surface area contributed by atoms with Crippen LogP contribution >= 0.6 is 0 Å². The Labute approximate surface area is 251 Å². The average molecular weight is 585 g/mol. The van der Waals surface area contributed by atoms with Crippen molar-refractivity contribution in [1.82, 2.24) is 9.97 Å². The number of nitrogens with zero attached hydrogens (tertiary/aromatic N) is 2. The van der Waals surface area contributed by atoms with Crippen molar-refractivity contribution in [3.8, 4) is 11.5 Å². The van der Waals surface area contributed by atoms with Crippen LogP contribution in [0.2, 0.25) is 0 Å². The fraction of sp³-hybridized carbons (Fsp3) is 0.219. The molecule has 0 saturated carbocycles. The van der Waals surface area contributed by atoms with Crippen molar-refractivity contribution in [3.05, 3.63) is 102 Å². The van der Waals surface area contributed by atoms with Crippen molar-refractivity contribution < 1.29 is 23.7 Å². The molecule has 4 N–H and O–H groups in total. The topological polar surface area (TPSA) is 128 Å². The number of rotatable bonds is 16. The smallest absolute Gasteiger partial charge is 0.255 e. The van der Waals surface area contributed by atoms with Crippen LogP contribution in [0.25, 0.3) is 0 Å². The molecule has 1 heterocycles. The van der Waals surface area contributed by atoms with Crippen LogP contribution in [0.4, 0.5) is 28.7 Å². The number of hydrogen-bond acceptors (Lipinski definition) is 10. The molecule has 224 valence electrons. The van der Waals surface area contributed by atoms with Crippen LogP contribution in [0.15, 0.2) is 85.7 Å². The fourth-order valence-corrected chi connectivity index (χ4v) is 3.94. The van der Waals surface area contributed by atoms with Crippen LogP contribution in [-0.2, 0) is 16.1 Å². The van der Waals surface area contributed by atoms with E-state index in [0.29, 0.717) is 54.3 Å². The van der Waals surface area contributed by atoms with Gasteiger partial charge in [0.15, 0.2) is 0 Å². The van der Waals surface area contributed by atoms with Gasteiger partial charge in [0.05, 0.1) is 45.5 Å². The lowest BCUT2D eigenvalue weighted by Gasteiger charge is -2.13. The van der Waals surface area contributed by atoms with Crippen LogP contribution in [0.1, 0.15) is 21.5 Å². The summed E-state index contributed by atoms with van der Waals surface area (Å²) in [6.07, 6.45) is 5.06. The lowest BCUT2D eigenvalue weighted by Crippen LogP contribution is -2.13. The Morgan fingerprint density at radius 1 is 0.837 bits per heavy atom. The molecule has 1 amide bonds. The number of nitrogens with one attached hydrogen (secondary N) is 4. The normalized spacial score (nSPS) is 10.5. The molecule has 0 bridgehead atoms. The van der Waals surface area contributed by atoms with E-state index >= 15 is 0 Å². The Bertz CT molecular complexity index is 1490. The summed E-state index contributed by atoms with van der Waals surface area (Å²) in [5.74, 6) is 1.27. The van der Waals surface area contributed by atoms with Crippen molar-refractivity contribution >= 4 is 34.6 Å². The van der Waals surface area contributed by atoms with Gasteiger partial charge in [-0.05, 0) is 60.5 Å². The molecular weight excluding hydrogens is 548 g/mol. The molecule has 4 aromatic rings. The summed E-state index contributed by atoms with van der Waals surface area (Å²) in [4.78, 5) is 21.6. The monoisotopic (exact) mass is 584 g/mol. The van der Waals surface area contributed by atoms with E-state index < -0.39 is 0 Å². The molecule has 0 radical (unpaired) electrons. The Morgan fingerprint density at radius 3 is 2.26 bits per heavy atom. The van der Waals surface area contributed by atoms with Crippen LogP contribution in [0.5, 0.6) is 11.5 Å². The number of hydrogen-bond donors (Lipinski definition) is 4. The molecule has 0 saturated heterocycles. The number of aromatic nitrogens is 2. The maximum absolute atomic E-state index is 12.9. The van der Waals surface area contributed by atoms with Gasteiger partial charge in [-0.25, -0.2) is 9.97 Å². The molecule has 11 nitrogen and oxygen atoms in total. The number of ether oxygens (including phenoxy) is 4. The standard InChI is InChI=1S/C32H36N6O5/c1-5-11-42-20-35-25-7-6-8-26(15-25)38-32-33-17-28(18-34-32)36-21-43-19-24-12-27(10-9-22(24)2)37-31(39)23-13-29(40-3)16-30(14-23)41-4/h5-10,12-18,35-36H,1,11,19-21H2,2-4H3,(H,37,39)(H,33,34,38). The molecular formula is C32H36N6O5. The van der Waals surface area contributed by atoms with Gasteiger partial charge in [-0.2, -0.15) is 0 Å². The second-order valence-corrected chi connectivity index (χ2v) is 9.35. The molecule has 0 aliphatic heterocycles. The van der Waals surface area contributed by atoms with Crippen molar-refractivity contribution in [1.29, 1.82) is 0 Å². The Morgan fingerprint density at radius 2 is 1.53 bits per heavy atom. The van der Waals surface area contributed by atoms with E-state index in [1.54, 1.807) is 50.9 Å². The van der Waals surface area contributed by atoms with Crippen molar-refractivity contribution in [2.24, 2.45) is 0 Å². The van der Waals surface area contributed by atoms with Crippen LogP contribution in [0.3, 0.4) is 0 Å².